The Bertz CT molecular complexity index is 1450. The molecule has 1 unspecified atom stereocenters. The molecule has 0 radical (unpaired) electrons. The van der Waals surface area contributed by atoms with Gasteiger partial charge in [0.05, 0.1) is 40.5 Å². The molecule has 1 saturated carbocycles. The van der Waals surface area contributed by atoms with E-state index in [0.717, 1.165) is 66.2 Å². The third-order valence-corrected chi connectivity index (χ3v) is 8.20. The molecule has 1 atom stereocenters. The predicted molar refractivity (Wildman–Crippen MR) is 145 cm³/mol. The Morgan fingerprint density at radius 1 is 1.03 bits per heavy atom. The van der Waals surface area contributed by atoms with Crippen LogP contribution in [0.25, 0.3) is 22.3 Å². The van der Waals surface area contributed by atoms with Gasteiger partial charge in [-0.05, 0) is 69.1 Å². The first-order valence-electron chi connectivity index (χ1n) is 12.6. The van der Waals surface area contributed by atoms with Crippen molar-refractivity contribution in [3.05, 3.63) is 78.0 Å². The lowest BCUT2D eigenvalue weighted by Crippen LogP contribution is -2.71. The van der Waals surface area contributed by atoms with Gasteiger partial charge in [-0.1, -0.05) is 23.7 Å². The highest BCUT2D eigenvalue weighted by atomic mass is 35.5. The number of aliphatic imine (C=N–C) groups is 2. The van der Waals surface area contributed by atoms with Gasteiger partial charge in [0.1, 0.15) is 11.2 Å². The van der Waals surface area contributed by atoms with Gasteiger partial charge >= 0.3 is 0 Å². The minimum absolute atomic E-state index is 0.0682. The summed E-state index contributed by atoms with van der Waals surface area (Å²) in [6.45, 7) is 3.32. The van der Waals surface area contributed by atoms with Gasteiger partial charge in [0, 0.05) is 18.1 Å². The van der Waals surface area contributed by atoms with Crippen LogP contribution in [0.4, 0.5) is 5.69 Å². The number of anilines is 1. The molecule has 3 aromatic rings. The van der Waals surface area contributed by atoms with Crippen LogP contribution in [0, 0.1) is 0 Å². The van der Waals surface area contributed by atoms with Crippen molar-refractivity contribution >= 4 is 40.7 Å². The summed E-state index contributed by atoms with van der Waals surface area (Å²) < 4.78 is 0.364. The topological polar surface area (TPSA) is 57.0 Å². The van der Waals surface area contributed by atoms with E-state index in [2.05, 4.69) is 43.2 Å². The fraction of sp³-hybridized carbons (Fsp3) is 0.286. The second-order valence-corrected chi connectivity index (χ2v) is 10.5. The molecule has 8 heteroatoms. The summed E-state index contributed by atoms with van der Waals surface area (Å²) in [5, 5.41) is 4.21. The van der Waals surface area contributed by atoms with Gasteiger partial charge in [-0.3, -0.25) is 9.98 Å². The molecule has 5 heterocycles. The van der Waals surface area contributed by atoms with E-state index in [4.69, 9.17) is 16.6 Å². The zero-order valence-electron chi connectivity index (χ0n) is 20.0. The van der Waals surface area contributed by atoms with Crippen LogP contribution in [0.3, 0.4) is 0 Å². The normalized spacial score (nSPS) is 23.8. The Kier molecular flexibility index (Phi) is 5.06. The second kappa shape index (κ2) is 8.34. The number of aromatic nitrogens is 2. The number of fused-ring (bicyclic) bond motifs is 2. The Labute approximate surface area is 215 Å². The summed E-state index contributed by atoms with van der Waals surface area (Å²) in [6.07, 6.45) is 16.2. The summed E-state index contributed by atoms with van der Waals surface area (Å²) in [6, 6.07) is 14.2. The van der Waals surface area contributed by atoms with Crippen molar-refractivity contribution in [3.63, 3.8) is 0 Å². The quantitative estimate of drug-likeness (QED) is 0.419. The maximum atomic E-state index is 7.11. The Morgan fingerprint density at radius 3 is 2.69 bits per heavy atom. The van der Waals surface area contributed by atoms with E-state index in [1.807, 2.05) is 55.3 Å². The highest BCUT2D eigenvalue weighted by Gasteiger charge is 2.56. The van der Waals surface area contributed by atoms with Crippen LogP contribution in [-0.4, -0.2) is 57.2 Å². The zero-order chi connectivity index (χ0) is 24.2. The molecule has 1 aliphatic carbocycles. The van der Waals surface area contributed by atoms with Crippen LogP contribution < -0.4 is 5.01 Å². The summed E-state index contributed by atoms with van der Waals surface area (Å²) in [7, 11) is 0. The van der Waals surface area contributed by atoms with Gasteiger partial charge in [-0.25, -0.2) is 9.98 Å². The molecule has 0 amide bonds. The first kappa shape index (κ1) is 21.9. The molecule has 2 aromatic heterocycles. The maximum Gasteiger partial charge on any atom is 0.225 e. The van der Waals surface area contributed by atoms with Gasteiger partial charge in [-0.15, -0.1) is 4.59 Å². The highest BCUT2D eigenvalue weighted by Crippen LogP contribution is 2.49. The third-order valence-electron chi connectivity index (χ3n) is 7.89. The van der Waals surface area contributed by atoms with Crippen LogP contribution in [0.5, 0.6) is 0 Å². The van der Waals surface area contributed by atoms with E-state index in [9.17, 15) is 0 Å². The minimum atomic E-state index is -0.0682. The van der Waals surface area contributed by atoms with Crippen molar-refractivity contribution in [1.29, 1.82) is 0 Å². The summed E-state index contributed by atoms with van der Waals surface area (Å²) >= 11 is 7.11. The molecular weight excluding hydrogens is 470 g/mol. The van der Waals surface area contributed by atoms with Crippen LogP contribution in [-0.2, 0) is 0 Å². The lowest BCUT2D eigenvalue weighted by Gasteiger charge is -2.57. The van der Waals surface area contributed by atoms with Crippen molar-refractivity contribution < 1.29 is 4.59 Å². The number of halogens is 1. The van der Waals surface area contributed by atoms with Crippen molar-refractivity contribution in [2.24, 2.45) is 9.98 Å². The second-order valence-electron chi connectivity index (χ2n) is 10.1. The van der Waals surface area contributed by atoms with Gasteiger partial charge < -0.3 is 4.90 Å². The molecule has 4 aliphatic rings. The average molecular weight is 497 g/mol. The number of nitrogens with zero attached hydrogens (tertiary/aromatic N) is 7. The monoisotopic (exact) mass is 496 g/mol. The molecule has 1 aromatic carbocycles. The van der Waals surface area contributed by atoms with Crippen LogP contribution in [0.15, 0.2) is 82.9 Å². The average Bonchev–Trinajstić information content (AvgIpc) is 3.29. The minimum Gasteiger partial charge on any atom is -0.301 e. The lowest BCUT2D eigenvalue weighted by atomic mass is 9.74. The summed E-state index contributed by atoms with van der Waals surface area (Å²) in [4.78, 5) is 21.1. The number of rotatable bonds is 6. The smallest absolute Gasteiger partial charge is 0.225 e. The molecule has 180 valence electrons. The summed E-state index contributed by atoms with van der Waals surface area (Å²) in [5.41, 5.74) is 4.52. The van der Waals surface area contributed by atoms with Crippen molar-refractivity contribution in [3.8, 4) is 11.4 Å². The highest BCUT2D eigenvalue weighted by molar-refractivity contribution is 6.34. The molecule has 3 aliphatic heterocycles. The van der Waals surface area contributed by atoms with Gasteiger partial charge in [0.15, 0.2) is 6.20 Å². The summed E-state index contributed by atoms with van der Waals surface area (Å²) in [5.74, 6) is 0. The molecule has 0 spiro atoms. The zero-order valence-corrected chi connectivity index (χ0v) is 20.7. The molecule has 0 bridgehead atoms. The molecule has 0 N–H and O–H groups in total. The first-order chi connectivity index (χ1) is 17.7. The van der Waals surface area contributed by atoms with Gasteiger partial charge in [0.2, 0.25) is 12.0 Å². The van der Waals surface area contributed by atoms with Crippen molar-refractivity contribution in [2.45, 2.75) is 31.2 Å². The molecule has 2 fully saturated rings. The van der Waals surface area contributed by atoms with E-state index >= 15 is 0 Å². The predicted octanol–water partition coefficient (Wildman–Crippen LogP) is 5.56. The van der Waals surface area contributed by atoms with E-state index in [-0.39, 0.29) is 5.54 Å². The van der Waals surface area contributed by atoms with Gasteiger partial charge in [0.25, 0.3) is 0 Å². The van der Waals surface area contributed by atoms with E-state index < -0.39 is 0 Å². The standard InChI is InChI=1S/C28H27ClN7/c29-23-15-21-6-7-25(24-5-1-2-10-32-24)33-26(21)16-27(23)35(28(8-3-9-28)19-34-12-4-13-34)36-14-11-30-17-22(36)18-31-20-36/h1-2,5-7,10-11,14-18,20H,3-4,8-9,12-13,19H2/q+1. The number of hydrogen-bond acceptors (Lipinski definition) is 6. The molecular formula is C28H27ClN7+. The largest absolute Gasteiger partial charge is 0.301 e. The Balaban J connectivity index is 1.41. The van der Waals surface area contributed by atoms with Crippen molar-refractivity contribution in [1.82, 2.24) is 14.9 Å². The van der Waals surface area contributed by atoms with Gasteiger partial charge in [-0.2, -0.15) is 5.01 Å². The van der Waals surface area contributed by atoms with Crippen molar-refractivity contribution in [2.75, 3.05) is 24.6 Å². The van der Waals surface area contributed by atoms with E-state index in [1.165, 1.54) is 12.8 Å². The number of allylic oxidation sites excluding steroid dienone is 1. The SMILES string of the molecule is Clc1cc2ccc(-c3ccccn3)nc2cc1N(C1(CN2CCC2)CCC1)[N+]12C=CN=CC1=CN=C2. The van der Waals surface area contributed by atoms with E-state index in [1.54, 1.807) is 6.20 Å². The fourth-order valence-corrected chi connectivity index (χ4v) is 6.08. The Hall–Kier alpha value is -3.39. The number of pyridine rings is 2. The molecule has 7 nitrogen and oxygen atoms in total. The Morgan fingerprint density at radius 2 is 1.94 bits per heavy atom. The molecule has 36 heavy (non-hydrogen) atoms. The van der Waals surface area contributed by atoms with Crippen LogP contribution in [0.2, 0.25) is 5.02 Å². The van der Waals surface area contributed by atoms with Crippen LogP contribution in [0.1, 0.15) is 25.7 Å². The molecule has 7 rings (SSSR count). The third kappa shape index (κ3) is 3.34. The number of hydrogen-bond donors (Lipinski definition) is 0. The maximum absolute atomic E-state index is 7.11. The molecule has 1 saturated heterocycles. The first-order valence-corrected chi connectivity index (χ1v) is 12.9. The fourth-order valence-electron chi connectivity index (χ4n) is 5.83. The lowest BCUT2D eigenvalue weighted by molar-refractivity contribution is -0.751. The van der Waals surface area contributed by atoms with Crippen LogP contribution >= 0.6 is 11.6 Å². The number of quaternary nitrogens is 1. The number of likely N-dealkylation sites (tertiary alicyclic amines) is 1. The van der Waals surface area contributed by atoms with E-state index in [0.29, 0.717) is 9.61 Å². The number of benzene rings is 1.